The third-order valence-electron chi connectivity index (χ3n) is 5.49. The van der Waals surface area contributed by atoms with Gasteiger partial charge in [0.15, 0.2) is 11.5 Å². The van der Waals surface area contributed by atoms with E-state index in [4.69, 9.17) is 9.47 Å². The summed E-state index contributed by atoms with van der Waals surface area (Å²) >= 11 is 1.44. The van der Waals surface area contributed by atoms with Gasteiger partial charge >= 0.3 is 0 Å². The minimum atomic E-state index is 0.0664. The molecule has 3 rings (SSSR count). The van der Waals surface area contributed by atoms with Crippen LogP contribution in [0.4, 0.5) is 0 Å². The average Bonchev–Trinajstić information content (AvgIpc) is 3.13. The summed E-state index contributed by atoms with van der Waals surface area (Å²) in [6.07, 6.45) is 2.05. The first-order valence-corrected chi connectivity index (χ1v) is 10.5. The third-order valence-corrected chi connectivity index (χ3v) is 6.69. The highest BCUT2D eigenvalue weighted by molar-refractivity contribution is 7.17. The number of piperidine rings is 1. The standard InChI is InChI=1S/C21H29N3O3S/c1-6-24-11-9-16(10-12-24)23(3)21(25)19-14(2)22-20(28-19)15-7-8-17(26-4)18(13-15)27-5/h7-8,13,16H,6,9-12H2,1-5H3. The van der Waals surface area contributed by atoms with E-state index in [-0.39, 0.29) is 5.91 Å². The van der Waals surface area contributed by atoms with Gasteiger partial charge in [-0.05, 0) is 44.5 Å². The van der Waals surface area contributed by atoms with Crippen LogP contribution in [0.3, 0.4) is 0 Å². The summed E-state index contributed by atoms with van der Waals surface area (Å²) in [6.45, 7) is 7.27. The number of carbonyl (C=O) groups is 1. The predicted octanol–water partition coefficient (Wildman–Crippen LogP) is 3.69. The van der Waals surface area contributed by atoms with Gasteiger partial charge in [0, 0.05) is 31.7 Å². The summed E-state index contributed by atoms with van der Waals surface area (Å²) in [5.41, 5.74) is 1.70. The molecule has 0 aliphatic carbocycles. The van der Waals surface area contributed by atoms with Crippen molar-refractivity contribution in [2.24, 2.45) is 0 Å². The quantitative estimate of drug-likeness (QED) is 0.736. The van der Waals surface area contributed by atoms with Crippen molar-refractivity contribution in [1.29, 1.82) is 0 Å². The Morgan fingerprint density at radius 3 is 2.54 bits per heavy atom. The van der Waals surface area contributed by atoms with Crippen molar-refractivity contribution in [1.82, 2.24) is 14.8 Å². The summed E-state index contributed by atoms with van der Waals surface area (Å²) in [4.78, 5) is 22.8. The maximum atomic E-state index is 13.1. The zero-order valence-corrected chi connectivity index (χ0v) is 18.1. The second-order valence-electron chi connectivity index (χ2n) is 7.08. The Hall–Kier alpha value is -2.12. The zero-order valence-electron chi connectivity index (χ0n) is 17.3. The van der Waals surface area contributed by atoms with Crippen LogP contribution < -0.4 is 9.47 Å². The first kappa shape index (κ1) is 20.6. The fourth-order valence-electron chi connectivity index (χ4n) is 3.64. The molecule has 0 saturated carbocycles. The van der Waals surface area contributed by atoms with Crippen LogP contribution in [0.25, 0.3) is 10.6 Å². The van der Waals surface area contributed by atoms with Gasteiger partial charge in [0.25, 0.3) is 5.91 Å². The highest BCUT2D eigenvalue weighted by Gasteiger charge is 2.28. The molecular weight excluding hydrogens is 374 g/mol. The van der Waals surface area contributed by atoms with Crippen molar-refractivity contribution < 1.29 is 14.3 Å². The van der Waals surface area contributed by atoms with Crippen molar-refractivity contribution in [2.45, 2.75) is 32.7 Å². The van der Waals surface area contributed by atoms with Crippen molar-refractivity contribution in [3.63, 3.8) is 0 Å². The van der Waals surface area contributed by atoms with E-state index < -0.39 is 0 Å². The van der Waals surface area contributed by atoms with Crippen LogP contribution in [0, 0.1) is 6.92 Å². The molecule has 1 amide bonds. The van der Waals surface area contributed by atoms with Gasteiger partial charge in [-0.3, -0.25) is 4.79 Å². The van der Waals surface area contributed by atoms with Gasteiger partial charge in [-0.2, -0.15) is 0 Å². The lowest BCUT2D eigenvalue weighted by Gasteiger charge is -2.36. The summed E-state index contributed by atoms with van der Waals surface area (Å²) in [7, 11) is 5.15. The number of ether oxygens (including phenoxy) is 2. The number of thiazole rings is 1. The van der Waals surface area contributed by atoms with Crippen LogP contribution in [0.1, 0.15) is 35.1 Å². The minimum Gasteiger partial charge on any atom is -0.493 e. The van der Waals surface area contributed by atoms with Crippen LogP contribution in [-0.4, -0.2) is 67.6 Å². The van der Waals surface area contributed by atoms with Crippen molar-refractivity contribution in [3.05, 3.63) is 28.8 Å². The van der Waals surface area contributed by atoms with E-state index in [1.165, 1.54) is 11.3 Å². The minimum absolute atomic E-state index is 0.0664. The van der Waals surface area contributed by atoms with Gasteiger partial charge < -0.3 is 19.3 Å². The molecule has 1 aromatic heterocycles. The second kappa shape index (κ2) is 8.92. The Labute approximate surface area is 171 Å². The molecule has 0 radical (unpaired) electrons. The Morgan fingerprint density at radius 1 is 1.25 bits per heavy atom. The summed E-state index contributed by atoms with van der Waals surface area (Å²) in [5, 5.41) is 0.816. The molecule has 2 aromatic rings. The van der Waals surface area contributed by atoms with Crippen molar-refractivity contribution in [3.8, 4) is 22.1 Å². The molecule has 1 aromatic carbocycles. The normalized spacial score (nSPS) is 15.5. The van der Waals surface area contributed by atoms with Gasteiger partial charge in [0.1, 0.15) is 9.88 Å². The SMILES string of the molecule is CCN1CCC(N(C)C(=O)c2sc(-c3ccc(OC)c(OC)c3)nc2C)CC1. The van der Waals surface area contributed by atoms with E-state index in [9.17, 15) is 4.79 Å². The molecule has 6 nitrogen and oxygen atoms in total. The first-order valence-electron chi connectivity index (χ1n) is 9.67. The summed E-state index contributed by atoms with van der Waals surface area (Å²) in [6, 6.07) is 5.99. The van der Waals surface area contributed by atoms with Gasteiger partial charge in [-0.1, -0.05) is 6.92 Å². The second-order valence-corrected chi connectivity index (χ2v) is 8.08. The molecule has 0 N–H and O–H groups in total. The molecule has 0 atom stereocenters. The number of hydrogen-bond donors (Lipinski definition) is 0. The first-order chi connectivity index (χ1) is 13.5. The molecule has 28 heavy (non-hydrogen) atoms. The van der Waals surface area contributed by atoms with Crippen LogP contribution in [0.2, 0.25) is 0 Å². The molecule has 1 aliphatic heterocycles. The lowest BCUT2D eigenvalue weighted by molar-refractivity contribution is 0.0650. The maximum Gasteiger partial charge on any atom is 0.265 e. The molecule has 1 fully saturated rings. The van der Waals surface area contributed by atoms with E-state index in [1.54, 1.807) is 14.2 Å². The van der Waals surface area contributed by atoms with Crippen LogP contribution in [0.5, 0.6) is 11.5 Å². The molecule has 0 bridgehead atoms. The number of benzene rings is 1. The largest absolute Gasteiger partial charge is 0.493 e. The number of aryl methyl sites for hydroxylation is 1. The van der Waals surface area contributed by atoms with Gasteiger partial charge in [0.2, 0.25) is 0 Å². The number of hydrogen-bond acceptors (Lipinski definition) is 6. The van der Waals surface area contributed by atoms with E-state index in [0.29, 0.717) is 22.4 Å². The van der Waals surface area contributed by atoms with E-state index in [0.717, 1.165) is 48.7 Å². The highest BCUT2D eigenvalue weighted by Crippen LogP contribution is 2.35. The molecule has 1 saturated heterocycles. The Bertz CT molecular complexity index is 828. The van der Waals surface area contributed by atoms with Crippen molar-refractivity contribution in [2.75, 3.05) is 40.9 Å². The monoisotopic (exact) mass is 403 g/mol. The van der Waals surface area contributed by atoms with Crippen LogP contribution in [-0.2, 0) is 0 Å². The number of nitrogens with zero attached hydrogens (tertiary/aromatic N) is 3. The van der Waals surface area contributed by atoms with Crippen LogP contribution >= 0.6 is 11.3 Å². The molecule has 0 unspecified atom stereocenters. The molecule has 2 heterocycles. The summed E-state index contributed by atoms with van der Waals surface area (Å²) < 4.78 is 10.7. The topological polar surface area (TPSA) is 54.9 Å². The van der Waals surface area contributed by atoms with E-state index in [2.05, 4.69) is 16.8 Å². The lowest BCUT2D eigenvalue weighted by atomic mass is 10.0. The van der Waals surface area contributed by atoms with E-state index in [1.807, 2.05) is 37.1 Å². The van der Waals surface area contributed by atoms with Gasteiger partial charge in [0.05, 0.1) is 19.9 Å². The summed E-state index contributed by atoms with van der Waals surface area (Å²) in [5.74, 6) is 1.39. The molecule has 7 heteroatoms. The Balaban J connectivity index is 1.79. The number of aromatic nitrogens is 1. The number of rotatable bonds is 6. The zero-order chi connectivity index (χ0) is 20.3. The maximum absolute atomic E-state index is 13.1. The smallest absolute Gasteiger partial charge is 0.265 e. The number of carbonyl (C=O) groups excluding carboxylic acids is 1. The fourth-order valence-corrected chi connectivity index (χ4v) is 4.68. The third kappa shape index (κ3) is 4.15. The van der Waals surface area contributed by atoms with Gasteiger partial charge in [-0.15, -0.1) is 11.3 Å². The Kier molecular flexibility index (Phi) is 6.57. The molecule has 152 valence electrons. The molecular formula is C21H29N3O3S. The fraction of sp³-hybridized carbons (Fsp3) is 0.524. The molecule has 0 spiro atoms. The van der Waals surface area contributed by atoms with Crippen LogP contribution in [0.15, 0.2) is 18.2 Å². The molecule has 1 aliphatic rings. The number of amides is 1. The van der Waals surface area contributed by atoms with Gasteiger partial charge in [-0.25, -0.2) is 4.98 Å². The predicted molar refractivity (Wildman–Crippen MR) is 113 cm³/mol. The Morgan fingerprint density at radius 2 is 1.93 bits per heavy atom. The van der Waals surface area contributed by atoms with Crippen molar-refractivity contribution >= 4 is 17.2 Å². The highest BCUT2D eigenvalue weighted by atomic mass is 32.1. The number of likely N-dealkylation sites (tertiary alicyclic amines) is 1. The lowest BCUT2D eigenvalue weighted by Crippen LogP contribution is -2.45. The number of methoxy groups -OCH3 is 2. The van der Waals surface area contributed by atoms with E-state index >= 15 is 0 Å². The average molecular weight is 404 g/mol.